The Kier molecular flexibility index (Phi) is 8.18. The van der Waals surface area contributed by atoms with Gasteiger partial charge in [0, 0.05) is 6.54 Å². The van der Waals surface area contributed by atoms with Crippen molar-refractivity contribution in [2.75, 3.05) is 25.7 Å². The molecule has 1 fully saturated rings. The quantitative estimate of drug-likeness (QED) is 0.357. The van der Waals surface area contributed by atoms with Gasteiger partial charge in [-0.15, -0.1) is 0 Å². The Balaban J connectivity index is 1.67. The number of benzene rings is 3. The van der Waals surface area contributed by atoms with E-state index >= 15 is 0 Å². The van der Waals surface area contributed by atoms with Crippen LogP contribution < -0.4 is 14.4 Å². The van der Waals surface area contributed by atoms with Crippen LogP contribution >= 0.6 is 0 Å². The van der Waals surface area contributed by atoms with E-state index in [0.717, 1.165) is 20.3 Å². The molecule has 3 aromatic carbocycles. The van der Waals surface area contributed by atoms with Crippen molar-refractivity contribution in [3.8, 4) is 11.5 Å². The lowest BCUT2D eigenvalue weighted by atomic mass is 10.0. The van der Waals surface area contributed by atoms with Crippen LogP contribution in [0.25, 0.3) is 0 Å². The first kappa shape index (κ1) is 27.3. The highest BCUT2D eigenvalue weighted by Crippen LogP contribution is 2.32. The predicted molar refractivity (Wildman–Crippen MR) is 145 cm³/mol. The molecule has 1 saturated heterocycles. The molecule has 3 aromatic rings. The van der Waals surface area contributed by atoms with Crippen LogP contribution in [0.2, 0.25) is 0 Å². The Labute approximate surface area is 223 Å². The number of hydrogen-bond acceptors (Lipinski definition) is 6. The molecule has 1 unspecified atom stereocenters. The minimum absolute atomic E-state index is 0.00345. The topological polar surface area (TPSA) is 93.2 Å². The molecule has 0 bridgehead atoms. The number of anilines is 1. The lowest BCUT2D eigenvalue weighted by Gasteiger charge is -2.27. The fraction of sp³-hybridized carbons (Fsp3) is 0.310. The van der Waals surface area contributed by atoms with Crippen LogP contribution in [-0.2, 0) is 26.0 Å². The average molecular weight is 537 g/mol. The van der Waals surface area contributed by atoms with Gasteiger partial charge in [0.1, 0.15) is 6.04 Å². The monoisotopic (exact) mass is 536 g/mol. The number of sulfonamides is 1. The lowest BCUT2D eigenvalue weighted by molar-refractivity contribution is -0.122. The normalized spacial score (nSPS) is 15.9. The van der Waals surface area contributed by atoms with Crippen molar-refractivity contribution in [2.24, 2.45) is 0 Å². The molecule has 0 saturated carbocycles. The van der Waals surface area contributed by atoms with Crippen molar-refractivity contribution >= 4 is 27.5 Å². The van der Waals surface area contributed by atoms with Crippen molar-refractivity contribution in [2.45, 2.75) is 43.5 Å². The molecule has 9 heteroatoms. The lowest BCUT2D eigenvalue weighted by Crippen LogP contribution is -2.46. The highest BCUT2D eigenvalue weighted by molar-refractivity contribution is 7.89. The minimum atomic E-state index is -4.09. The van der Waals surface area contributed by atoms with Gasteiger partial charge in [-0.1, -0.05) is 50.2 Å². The molecule has 0 aromatic heterocycles. The molecule has 2 amide bonds. The van der Waals surface area contributed by atoms with Crippen LogP contribution in [0.3, 0.4) is 0 Å². The molecule has 0 radical (unpaired) electrons. The summed E-state index contributed by atoms with van der Waals surface area (Å²) in [6, 6.07) is 19.4. The van der Waals surface area contributed by atoms with E-state index in [-0.39, 0.29) is 17.9 Å². The van der Waals surface area contributed by atoms with E-state index in [0.29, 0.717) is 29.5 Å². The van der Waals surface area contributed by atoms with E-state index < -0.39 is 27.9 Å². The summed E-state index contributed by atoms with van der Waals surface area (Å²) in [5.41, 5.74) is 2.31. The number of rotatable bonds is 10. The van der Waals surface area contributed by atoms with Gasteiger partial charge in [-0.25, -0.2) is 13.3 Å². The van der Waals surface area contributed by atoms with E-state index in [2.05, 4.69) is 13.8 Å². The third-order valence-corrected chi connectivity index (χ3v) is 8.63. The van der Waals surface area contributed by atoms with Crippen molar-refractivity contribution in [1.29, 1.82) is 0 Å². The van der Waals surface area contributed by atoms with Gasteiger partial charge in [0.05, 0.1) is 31.2 Å². The summed E-state index contributed by atoms with van der Waals surface area (Å²) in [6.07, 6.45) is 0.0657. The van der Waals surface area contributed by atoms with Crippen LogP contribution in [-0.4, -0.2) is 51.3 Å². The molecule has 1 aliphatic rings. The number of imide groups is 1. The van der Waals surface area contributed by atoms with Gasteiger partial charge >= 0.3 is 0 Å². The summed E-state index contributed by atoms with van der Waals surface area (Å²) in [6.45, 7) is 4.11. The zero-order valence-electron chi connectivity index (χ0n) is 22.0. The van der Waals surface area contributed by atoms with Gasteiger partial charge in [0.2, 0.25) is 15.9 Å². The average Bonchev–Trinajstić information content (AvgIpc) is 3.22. The van der Waals surface area contributed by atoms with Crippen molar-refractivity contribution in [1.82, 2.24) is 4.31 Å². The maximum atomic E-state index is 13.8. The molecular formula is C29H32N2O6S. The second kappa shape index (κ2) is 11.4. The Bertz CT molecular complexity index is 1400. The maximum Gasteiger partial charge on any atom is 0.252 e. The molecule has 4 rings (SSSR count). The first-order valence-corrected chi connectivity index (χ1v) is 13.9. The van der Waals surface area contributed by atoms with Crippen molar-refractivity contribution in [3.05, 3.63) is 83.9 Å². The zero-order chi connectivity index (χ0) is 27.4. The number of carbonyl (C=O) groups is 2. The highest BCUT2D eigenvalue weighted by Gasteiger charge is 2.46. The number of amides is 2. The van der Waals surface area contributed by atoms with Crippen LogP contribution in [0.5, 0.6) is 11.5 Å². The van der Waals surface area contributed by atoms with Gasteiger partial charge in [-0.2, -0.15) is 4.31 Å². The molecule has 38 heavy (non-hydrogen) atoms. The number of methoxy groups -OCH3 is 2. The molecule has 0 aliphatic carbocycles. The molecule has 0 N–H and O–H groups in total. The summed E-state index contributed by atoms with van der Waals surface area (Å²) in [7, 11) is -1.02. The smallest absolute Gasteiger partial charge is 0.252 e. The Morgan fingerprint density at radius 3 is 2.18 bits per heavy atom. The molecular weight excluding hydrogens is 504 g/mol. The molecule has 1 heterocycles. The number of ether oxygens (including phenoxy) is 2. The fourth-order valence-electron chi connectivity index (χ4n) is 4.57. The number of hydrogen-bond donors (Lipinski definition) is 0. The standard InChI is InChI=1S/C29H32N2O6S/c1-20(2)22-11-13-23(14-12-22)31-28(32)19-25(29(31)33)30(38(34,35)24-8-6-5-7-9-24)17-16-21-10-15-26(36-3)27(18-21)37-4/h5-15,18,20,25H,16-17,19H2,1-4H3. The van der Waals surface area contributed by atoms with Crippen LogP contribution in [0.15, 0.2) is 77.7 Å². The number of nitrogens with zero attached hydrogens (tertiary/aromatic N) is 2. The van der Waals surface area contributed by atoms with E-state index in [1.165, 1.54) is 26.4 Å². The predicted octanol–water partition coefficient (Wildman–Crippen LogP) is 4.39. The summed E-state index contributed by atoms with van der Waals surface area (Å²) in [5.74, 6) is 0.381. The van der Waals surface area contributed by atoms with Gasteiger partial charge < -0.3 is 9.47 Å². The molecule has 1 aliphatic heterocycles. The summed E-state index contributed by atoms with van der Waals surface area (Å²) < 4.78 is 39.4. The maximum absolute atomic E-state index is 13.8. The third-order valence-electron chi connectivity index (χ3n) is 6.71. The van der Waals surface area contributed by atoms with Crippen molar-refractivity contribution in [3.63, 3.8) is 0 Å². The van der Waals surface area contributed by atoms with Crippen molar-refractivity contribution < 1.29 is 27.5 Å². The Hall–Kier alpha value is -3.69. The third kappa shape index (κ3) is 5.44. The fourth-order valence-corrected chi connectivity index (χ4v) is 6.17. The second-order valence-corrected chi connectivity index (χ2v) is 11.3. The van der Waals surface area contributed by atoms with Gasteiger partial charge in [0.15, 0.2) is 11.5 Å². The molecule has 200 valence electrons. The summed E-state index contributed by atoms with van der Waals surface area (Å²) in [5, 5.41) is 0. The van der Waals surface area contributed by atoms with E-state index in [1.807, 2.05) is 18.2 Å². The van der Waals surface area contributed by atoms with Crippen LogP contribution in [0, 0.1) is 0 Å². The summed E-state index contributed by atoms with van der Waals surface area (Å²) in [4.78, 5) is 27.8. The van der Waals surface area contributed by atoms with E-state index in [1.54, 1.807) is 42.5 Å². The largest absolute Gasteiger partial charge is 0.493 e. The Morgan fingerprint density at radius 1 is 0.921 bits per heavy atom. The first-order chi connectivity index (χ1) is 18.2. The SMILES string of the molecule is COc1ccc(CCN(C2CC(=O)N(c3ccc(C(C)C)cc3)C2=O)S(=O)(=O)c2ccccc2)cc1OC. The Morgan fingerprint density at radius 2 is 1.58 bits per heavy atom. The van der Waals surface area contributed by atoms with Crippen LogP contribution in [0.1, 0.15) is 37.3 Å². The van der Waals surface area contributed by atoms with Crippen LogP contribution in [0.4, 0.5) is 5.69 Å². The highest BCUT2D eigenvalue weighted by atomic mass is 32.2. The second-order valence-electron chi connectivity index (χ2n) is 9.40. The first-order valence-electron chi connectivity index (χ1n) is 12.4. The van der Waals surface area contributed by atoms with Gasteiger partial charge in [0.25, 0.3) is 5.91 Å². The molecule has 1 atom stereocenters. The molecule has 0 spiro atoms. The van der Waals surface area contributed by atoms with E-state index in [9.17, 15) is 18.0 Å². The number of carbonyl (C=O) groups excluding carboxylic acids is 2. The van der Waals surface area contributed by atoms with Gasteiger partial charge in [-0.05, 0) is 59.9 Å². The summed E-state index contributed by atoms with van der Waals surface area (Å²) >= 11 is 0. The van der Waals surface area contributed by atoms with E-state index in [4.69, 9.17) is 9.47 Å². The van der Waals surface area contributed by atoms with Gasteiger partial charge in [-0.3, -0.25) is 9.59 Å². The molecule has 8 nitrogen and oxygen atoms in total. The zero-order valence-corrected chi connectivity index (χ0v) is 22.8. The minimum Gasteiger partial charge on any atom is -0.493 e.